The number of benzene rings is 2. The van der Waals surface area contributed by atoms with Crippen molar-refractivity contribution in [3.05, 3.63) is 63.6 Å². The summed E-state index contributed by atoms with van der Waals surface area (Å²) >= 11 is 0. The first-order chi connectivity index (χ1) is 18.5. The number of hydrogen-bond acceptors (Lipinski definition) is 5. The van der Waals surface area contributed by atoms with Crippen molar-refractivity contribution in [3.8, 4) is 0 Å². The molecule has 1 aliphatic carbocycles. The number of imide groups is 1. The number of amides is 2. The molecule has 0 bridgehead atoms. The lowest BCUT2D eigenvalue weighted by Crippen LogP contribution is -2.44. The average molecular weight is 554 g/mol. The largest absolute Gasteiger partial charge is 0.329 e. The number of piperidine rings is 1. The Kier molecular flexibility index (Phi) is 7.52. The van der Waals surface area contributed by atoms with E-state index in [1.165, 1.54) is 10.6 Å². The van der Waals surface area contributed by atoms with E-state index in [-0.39, 0.29) is 22.9 Å². The van der Waals surface area contributed by atoms with Gasteiger partial charge in [0.15, 0.2) is 0 Å². The highest BCUT2D eigenvalue weighted by atomic mass is 32.2. The Bertz CT molecular complexity index is 1590. The number of carbonyl (C=O) groups is 2. The molecule has 0 radical (unpaired) electrons. The molecule has 2 amide bonds. The zero-order valence-corrected chi connectivity index (χ0v) is 23.2. The third-order valence-corrected chi connectivity index (χ3v) is 9.44. The molecule has 2 heterocycles. The van der Waals surface area contributed by atoms with Crippen LogP contribution in [0.25, 0.3) is 11.0 Å². The Hall–Kier alpha value is -3.24. The fourth-order valence-electron chi connectivity index (χ4n) is 6.34. The van der Waals surface area contributed by atoms with E-state index in [0.29, 0.717) is 35.8 Å². The van der Waals surface area contributed by atoms with Crippen LogP contribution in [0.3, 0.4) is 0 Å². The maximum Gasteiger partial charge on any atom is 0.329 e. The fraction of sp³-hybridized carbons (Fsp3) is 0.483. The zero-order chi connectivity index (χ0) is 27.9. The van der Waals surface area contributed by atoms with Crippen molar-refractivity contribution >= 4 is 33.0 Å². The smallest absolute Gasteiger partial charge is 0.295 e. The van der Waals surface area contributed by atoms with E-state index >= 15 is 0 Å². The van der Waals surface area contributed by atoms with Crippen LogP contribution in [0.1, 0.15) is 67.7 Å². The predicted molar refractivity (Wildman–Crippen MR) is 147 cm³/mol. The second kappa shape index (κ2) is 10.7. The number of fused-ring (bicyclic) bond motifs is 1. The lowest BCUT2D eigenvalue weighted by Gasteiger charge is -2.29. The minimum atomic E-state index is -4.23. The maximum atomic E-state index is 13.0. The first-order valence-corrected chi connectivity index (χ1v) is 15.1. The van der Waals surface area contributed by atoms with Crippen LogP contribution in [0.2, 0.25) is 0 Å². The van der Waals surface area contributed by atoms with Gasteiger partial charge in [-0.2, -0.15) is 8.42 Å². The minimum Gasteiger partial charge on any atom is -0.295 e. The molecule has 1 saturated heterocycles. The summed E-state index contributed by atoms with van der Waals surface area (Å²) in [5.74, 6) is 0.306. The normalized spacial score (nSPS) is 22.3. The van der Waals surface area contributed by atoms with E-state index in [2.05, 4.69) is 5.32 Å². The fourth-order valence-corrected chi connectivity index (χ4v) is 7.07. The van der Waals surface area contributed by atoms with Crippen LogP contribution >= 0.6 is 0 Å². The third-order valence-electron chi connectivity index (χ3n) is 8.48. The van der Waals surface area contributed by atoms with Crippen LogP contribution in [0.4, 0.5) is 0 Å². The van der Waals surface area contributed by atoms with Crippen LogP contribution in [0.15, 0.2) is 46.1 Å². The summed E-state index contributed by atoms with van der Waals surface area (Å²) in [4.78, 5) is 37.0. The summed E-state index contributed by atoms with van der Waals surface area (Å²) in [5, 5.41) is 2.34. The van der Waals surface area contributed by atoms with Crippen LogP contribution in [0, 0.1) is 18.8 Å². The van der Waals surface area contributed by atoms with Gasteiger partial charge >= 0.3 is 5.69 Å². The monoisotopic (exact) mass is 553 g/mol. The number of hydrogen-bond donors (Lipinski definition) is 2. The topological polar surface area (TPSA) is 127 Å². The van der Waals surface area contributed by atoms with Gasteiger partial charge in [0.1, 0.15) is 6.04 Å². The Labute approximate surface area is 228 Å². The molecule has 0 spiro atoms. The second-order valence-corrected chi connectivity index (χ2v) is 12.6. The molecule has 10 heteroatoms. The molecule has 9 nitrogen and oxygen atoms in total. The van der Waals surface area contributed by atoms with Crippen molar-refractivity contribution in [3.63, 3.8) is 0 Å². The lowest BCUT2D eigenvalue weighted by atomic mass is 9.77. The van der Waals surface area contributed by atoms with Gasteiger partial charge < -0.3 is 0 Å². The molecule has 208 valence electrons. The number of nitrogens with zero attached hydrogens (tertiary/aromatic N) is 2. The summed E-state index contributed by atoms with van der Waals surface area (Å²) in [6.45, 7) is 1.92. The van der Waals surface area contributed by atoms with Crippen LogP contribution in [0.5, 0.6) is 0 Å². The van der Waals surface area contributed by atoms with Crippen LogP contribution < -0.4 is 11.0 Å². The average Bonchev–Trinajstić information content (AvgIpc) is 3.12. The summed E-state index contributed by atoms with van der Waals surface area (Å²) < 4.78 is 36.2. The number of aromatic nitrogens is 2. The highest BCUT2D eigenvalue weighted by molar-refractivity contribution is 7.85. The summed E-state index contributed by atoms with van der Waals surface area (Å²) in [6, 6.07) is 10.3. The Morgan fingerprint density at radius 1 is 0.949 bits per heavy atom. The molecule has 1 unspecified atom stereocenters. The molecular formula is C29H35N3O6S. The molecule has 39 heavy (non-hydrogen) atoms. The van der Waals surface area contributed by atoms with Gasteiger partial charge in [-0.3, -0.25) is 28.6 Å². The van der Waals surface area contributed by atoms with Crippen molar-refractivity contribution in [2.45, 2.75) is 75.6 Å². The van der Waals surface area contributed by atoms with Crippen molar-refractivity contribution < 1.29 is 22.6 Å². The van der Waals surface area contributed by atoms with Gasteiger partial charge in [0.25, 0.3) is 10.1 Å². The third kappa shape index (κ3) is 5.72. The minimum absolute atomic E-state index is 0.0121. The van der Waals surface area contributed by atoms with Crippen molar-refractivity contribution in [1.82, 2.24) is 14.5 Å². The molecule has 5 rings (SSSR count). The first kappa shape index (κ1) is 27.3. The predicted octanol–water partition coefficient (Wildman–Crippen LogP) is 3.85. The Balaban J connectivity index is 1.22. The van der Waals surface area contributed by atoms with Gasteiger partial charge in [0, 0.05) is 13.5 Å². The van der Waals surface area contributed by atoms with E-state index in [4.69, 9.17) is 0 Å². The maximum absolute atomic E-state index is 13.0. The molecular weight excluding hydrogens is 518 g/mol. The van der Waals surface area contributed by atoms with Crippen molar-refractivity contribution in [2.24, 2.45) is 18.9 Å². The molecule has 1 atom stereocenters. The SMILES string of the molecule is Cc1ccc(S(=O)(=O)O)c(CC[C@H]2CC[C@@H](Cc3ccc4c(c3)n(C)c(=O)n4C3CCC(=O)NC3=O)CC2)c1. The molecule has 1 saturated carbocycles. The van der Waals surface area contributed by atoms with E-state index in [0.717, 1.165) is 55.2 Å². The summed E-state index contributed by atoms with van der Waals surface area (Å²) in [7, 11) is -2.52. The molecule has 1 aromatic heterocycles. The number of imidazole rings is 1. The highest BCUT2D eigenvalue weighted by Gasteiger charge is 2.31. The number of aryl methyl sites for hydroxylation is 3. The Morgan fingerprint density at radius 3 is 2.36 bits per heavy atom. The number of carbonyl (C=O) groups excluding carboxylic acids is 2. The van der Waals surface area contributed by atoms with Crippen LogP contribution in [-0.2, 0) is 39.6 Å². The molecule has 3 aromatic rings. The molecule has 2 aliphatic rings. The van der Waals surface area contributed by atoms with E-state index in [1.807, 2.05) is 31.2 Å². The van der Waals surface area contributed by atoms with E-state index < -0.39 is 22.1 Å². The summed E-state index contributed by atoms with van der Waals surface area (Å²) in [6.07, 6.45) is 7.26. The molecule has 2 fully saturated rings. The second-order valence-electron chi connectivity index (χ2n) is 11.2. The highest BCUT2D eigenvalue weighted by Crippen LogP contribution is 2.35. The molecule has 2 aromatic carbocycles. The van der Waals surface area contributed by atoms with Gasteiger partial charge in [-0.1, -0.05) is 36.6 Å². The number of rotatable bonds is 7. The van der Waals surface area contributed by atoms with Gasteiger partial charge in [-0.25, -0.2) is 4.79 Å². The van der Waals surface area contributed by atoms with Gasteiger partial charge in [-0.05, 0) is 86.6 Å². The quantitative estimate of drug-likeness (QED) is 0.338. The first-order valence-electron chi connectivity index (χ1n) is 13.6. The zero-order valence-electron chi connectivity index (χ0n) is 22.4. The summed E-state index contributed by atoms with van der Waals surface area (Å²) in [5.41, 5.74) is 4.03. The lowest BCUT2D eigenvalue weighted by molar-refractivity contribution is -0.135. The molecule has 2 N–H and O–H groups in total. The van der Waals surface area contributed by atoms with Gasteiger partial charge in [-0.15, -0.1) is 0 Å². The van der Waals surface area contributed by atoms with E-state index in [1.54, 1.807) is 17.7 Å². The van der Waals surface area contributed by atoms with Crippen LogP contribution in [-0.4, -0.2) is 33.9 Å². The van der Waals surface area contributed by atoms with Gasteiger partial charge in [0.05, 0.1) is 15.9 Å². The Morgan fingerprint density at radius 2 is 1.67 bits per heavy atom. The van der Waals surface area contributed by atoms with Crippen molar-refractivity contribution in [1.29, 1.82) is 0 Å². The standard InChI is InChI=1S/C29H35N3O6S/c1-18-3-13-26(39(36,37)38)22(15-18)10-8-19-4-6-20(7-5-19)16-21-9-11-23-25(17-21)31(2)29(35)32(23)24-12-14-27(33)30-28(24)34/h3,9,11,13,15,17,19-20,24H,4-8,10,12,14,16H2,1-2H3,(H,30,33,34)(H,36,37,38)/t19-,20+,24?. The number of nitrogens with one attached hydrogen (secondary N) is 1. The van der Waals surface area contributed by atoms with Gasteiger partial charge in [0.2, 0.25) is 11.8 Å². The molecule has 1 aliphatic heterocycles. The van der Waals surface area contributed by atoms with E-state index in [9.17, 15) is 27.4 Å². The van der Waals surface area contributed by atoms with Crippen molar-refractivity contribution in [2.75, 3.05) is 0 Å².